The summed E-state index contributed by atoms with van der Waals surface area (Å²) in [5, 5.41) is 1.63. The lowest BCUT2D eigenvalue weighted by Crippen LogP contribution is -2.37. The fourth-order valence-corrected chi connectivity index (χ4v) is 2.91. The number of anilines is 1. The van der Waals surface area contributed by atoms with Gasteiger partial charge in [-0.2, -0.15) is 26.3 Å². The van der Waals surface area contributed by atoms with Gasteiger partial charge in [0.05, 0.1) is 21.8 Å². The number of likely N-dealkylation sites (N-methyl/N-ethyl adjacent to an activating group) is 1. The number of hydrogen-bond donors (Lipinski definition) is 1. The third kappa shape index (κ3) is 6.74. The Morgan fingerprint density at radius 3 is 2.22 bits per heavy atom. The van der Waals surface area contributed by atoms with Gasteiger partial charge < -0.3 is 10.2 Å². The minimum Gasteiger partial charge on any atom is -0.330 e. The van der Waals surface area contributed by atoms with Gasteiger partial charge in [0.2, 0.25) is 11.8 Å². The number of nitrogens with one attached hydrogen (secondary N) is 1. The molecule has 0 saturated heterocycles. The van der Waals surface area contributed by atoms with Gasteiger partial charge in [-0.1, -0.05) is 29.8 Å². The van der Waals surface area contributed by atoms with Crippen LogP contribution in [0, 0.1) is 0 Å². The Labute approximate surface area is 184 Å². The first-order valence-corrected chi connectivity index (χ1v) is 9.50. The molecule has 0 fully saturated rings. The van der Waals surface area contributed by atoms with Crippen molar-refractivity contribution >= 4 is 35.2 Å². The predicted octanol–water partition coefficient (Wildman–Crippen LogP) is 5.88. The molecule has 0 radical (unpaired) electrons. The molecule has 4 nitrogen and oxygen atoms in total. The molecule has 11 heteroatoms. The molecule has 0 bridgehead atoms. The topological polar surface area (TPSA) is 49.4 Å². The highest BCUT2D eigenvalue weighted by Gasteiger charge is 2.34. The van der Waals surface area contributed by atoms with Crippen molar-refractivity contribution < 1.29 is 35.9 Å². The molecule has 0 aliphatic heterocycles. The molecule has 172 valence electrons. The van der Waals surface area contributed by atoms with Gasteiger partial charge in [0.25, 0.3) is 0 Å². The van der Waals surface area contributed by atoms with Crippen molar-refractivity contribution in [2.75, 3.05) is 18.4 Å². The molecule has 0 unspecified atom stereocenters. The van der Waals surface area contributed by atoms with Gasteiger partial charge >= 0.3 is 12.4 Å². The Balaban J connectivity index is 2.10. The van der Waals surface area contributed by atoms with Crippen molar-refractivity contribution in [3.8, 4) is 0 Å². The molecule has 2 aromatic rings. The number of para-hydroxylation sites is 1. The van der Waals surface area contributed by atoms with E-state index in [4.69, 9.17) is 11.6 Å². The van der Waals surface area contributed by atoms with E-state index < -0.39 is 52.5 Å². The van der Waals surface area contributed by atoms with Crippen LogP contribution in [-0.4, -0.2) is 29.8 Å². The lowest BCUT2D eigenvalue weighted by atomic mass is 10.1. The number of rotatable bonds is 6. The summed E-state index contributed by atoms with van der Waals surface area (Å²) in [6.07, 6.45) is -7.27. The summed E-state index contributed by atoms with van der Waals surface area (Å²) in [4.78, 5) is 25.6. The van der Waals surface area contributed by atoms with Gasteiger partial charge in [-0.05, 0) is 42.8 Å². The van der Waals surface area contributed by atoms with E-state index in [1.165, 1.54) is 25.1 Å². The van der Waals surface area contributed by atoms with Crippen molar-refractivity contribution in [1.29, 1.82) is 0 Å². The maximum atomic E-state index is 13.0. The summed E-state index contributed by atoms with van der Waals surface area (Å²) in [6, 6.07) is 7.46. The molecule has 0 atom stereocenters. The minimum atomic E-state index is -4.68. The summed E-state index contributed by atoms with van der Waals surface area (Å²) >= 11 is 5.55. The van der Waals surface area contributed by atoms with Crippen molar-refractivity contribution in [3.05, 3.63) is 70.3 Å². The van der Waals surface area contributed by atoms with Gasteiger partial charge in [-0.25, -0.2) is 0 Å². The second kappa shape index (κ2) is 10.1. The third-order valence-corrected chi connectivity index (χ3v) is 4.58. The molecule has 2 rings (SSSR count). The zero-order valence-electron chi connectivity index (χ0n) is 16.5. The first-order chi connectivity index (χ1) is 14.8. The van der Waals surface area contributed by atoms with Gasteiger partial charge in [0.1, 0.15) is 6.54 Å². The first-order valence-electron chi connectivity index (χ1n) is 9.12. The molecule has 2 aromatic carbocycles. The number of amides is 2. The van der Waals surface area contributed by atoms with E-state index in [0.29, 0.717) is 0 Å². The van der Waals surface area contributed by atoms with Crippen LogP contribution < -0.4 is 5.32 Å². The molecule has 0 aliphatic carbocycles. The summed E-state index contributed by atoms with van der Waals surface area (Å²) in [7, 11) is 0. The van der Waals surface area contributed by atoms with Crippen LogP contribution in [0.3, 0.4) is 0 Å². The van der Waals surface area contributed by atoms with Gasteiger partial charge in [-0.3, -0.25) is 9.59 Å². The van der Waals surface area contributed by atoms with E-state index >= 15 is 0 Å². The number of nitrogens with zero attached hydrogens (tertiary/aromatic N) is 1. The molecular weight excluding hydrogens is 462 g/mol. The van der Waals surface area contributed by atoms with Crippen LogP contribution in [0.5, 0.6) is 0 Å². The standard InChI is InChI=1S/C21H17ClF6N2O2/c1-2-30(12-18(31)29-17-6-4-3-5-14(17)20(23,24)25)19(32)10-8-13-7-9-16(22)15(11-13)21(26,27)28/h3-11H,2,12H2,1H3,(H,29,31). The maximum absolute atomic E-state index is 13.0. The number of carbonyl (C=O) groups excluding carboxylic acids is 2. The molecule has 32 heavy (non-hydrogen) atoms. The van der Waals surface area contributed by atoms with Gasteiger partial charge in [-0.15, -0.1) is 0 Å². The number of alkyl halides is 6. The Morgan fingerprint density at radius 2 is 1.62 bits per heavy atom. The Kier molecular flexibility index (Phi) is 7.95. The van der Waals surface area contributed by atoms with Gasteiger partial charge in [0, 0.05) is 12.6 Å². The minimum absolute atomic E-state index is 0.0337. The van der Waals surface area contributed by atoms with E-state index in [9.17, 15) is 35.9 Å². The summed E-state index contributed by atoms with van der Waals surface area (Å²) in [5.74, 6) is -1.58. The van der Waals surface area contributed by atoms with Crippen LogP contribution in [0.25, 0.3) is 6.08 Å². The maximum Gasteiger partial charge on any atom is 0.418 e. The monoisotopic (exact) mass is 478 g/mol. The lowest BCUT2D eigenvalue weighted by Gasteiger charge is -2.20. The highest BCUT2D eigenvalue weighted by molar-refractivity contribution is 6.31. The van der Waals surface area contributed by atoms with Crippen LogP contribution in [0.1, 0.15) is 23.6 Å². The van der Waals surface area contributed by atoms with E-state index in [2.05, 4.69) is 5.32 Å². The van der Waals surface area contributed by atoms with E-state index in [1.54, 1.807) is 0 Å². The third-order valence-electron chi connectivity index (χ3n) is 4.25. The van der Waals surface area contributed by atoms with Crippen molar-refractivity contribution in [2.45, 2.75) is 19.3 Å². The average molecular weight is 479 g/mol. The Morgan fingerprint density at radius 1 is 1.00 bits per heavy atom. The highest BCUT2D eigenvalue weighted by atomic mass is 35.5. The second-order valence-corrected chi connectivity index (χ2v) is 6.92. The summed E-state index contributed by atoms with van der Waals surface area (Å²) in [5.41, 5.74) is -2.51. The molecule has 0 aliphatic rings. The van der Waals surface area contributed by atoms with Crippen LogP contribution in [0.2, 0.25) is 5.02 Å². The quantitative estimate of drug-likeness (QED) is 0.416. The summed E-state index contributed by atoms with van der Waals surface area (Å²) < 4.78 is 77.9. The first kappa shape index (κ1) is 25.3. The van der Waals surface area contributed by atoms with Crippen molar-refractivity contribution in [2.24, 2.45) is 0 Å². The lowest BCUT2D eigenvalue weighted by molar-refractivity contribution is -0.138. The fraction of sp³-hybridized carbons (Fsp3) is 0.238. The zero-order chi connectivity index (χ0) is 24.1. The number of carbonyl (C=O) groups is 2. The van der Waals surface area contributed by atoms with E-state index in [0.717, 1.165) is 41.3 Å². The molecule has 2 amide bonds. The van der Waals surface area contributed by atoms with Crippen LogP contribution in [-0.2, 0) is 21.9 Å². The number of hydrogen-bond acceptors (Lipinski definition) is 2. The molecule has 0 spiro atoms. The van der Waals surface area contributed by atoms with E-state index in [-0.39, 0.29) is 12.1 Å². The van der Waals surface area contributed by atoms with Crippen LogP contribution in [0.4, 0.5) is 32.0 Å². The molecular formula is C21H17ClF6N2O2. The Hall–Kier alpha value is -3.01. The average Bonchev–Trinajstić information content (AvgIpc) is 2.69. The molecule has 0 aromatic heterocycles. The Bertz CT molecular complexity index is 1020. The predicted molar refractivity (Wildman–Crippen MR) is 108 cm³/mol. The smallest absolute Gasteiger partial charge is 0.330 e. The second-order valence-electron chi connectivity index (χ2n) is 6.51. The summed E-state index contributed by atoms with van der Waals surface area (Å²) in [6.45, 7) is 1.01. The molecule has 1 N–H and O–H groups in total. The van der Waals surface area contributed by atoms with Gasteiger partial charge in [0.15, 0.2) is 0 Å². The van der Waals surface area contributed by atoms with Crippen molar-refractivity contribution in [1.82, 2.24) is 4.90 Å². The zero-order valence-corrected chi connectivity index (χ0v) is 17.3. The number of benzene rings is 2. The normalized spacial score (nSPS) is 12.1. The van der Waals surface area contributed by atoms with E-state index in [1.807, 2.05) is 0 Å². The SMILES string of the molecule is CCN(CC(=O)Nc1ccccc1C(F)(F)F)C(=O)C=Cc1ccc(Cl)c(C(F)(F)F)c1. The van der Waals surface area contributed by atoms with Crippen molar-refractivity contribution in [3.63, 3.8) is 0 Å². The van der Waals surface area contributed by atoms with Crippen LogP contribution >= 0.6 is 11.6 Å². The van der Waals surface area contributed by atoms with Crippen LogP contribution in [0.15, 0.2) is 48.5 Å². The highest BCUT2D eigenvalue weighted by Crippen LogP contribution is 2.36. The number of halogens is 7. The largest absolute Gasteiger partial charge is 0.418 e. The molecule has 0 heterocycles. The molecule has 0 saturated carbocycles. The fourth-order valence-electron chi connectivity index (χ4n) is 2.68.